The van der Waals surface area contributed by atoms with Crippen molar-refractivity contribution in [2.45, 2.75) is 53.9 Å². The van der Waals surface area contributed by atoms with Gasteiger partial charge >= 0.3 is 0 Å². The van der Waals surface area contributed by atoms with Crippen molar-refractivity contribution in [1.82, 2.24) is 5.32 Å². The predicted molar refractivity (Wildman–Crippen MR) is 203 cm³/mol. The first-order chi connectivity index (χ1) is 22.9. The molecule has 3 nitrogen and oxygen atoms in total. The molecule has 0 aliphatic carbocycles. The molecule has 0 saturated carbocycles. The first kappa shape index (κ1) is 29.6. The van der Waals surface area contributed by atoms with Crippen LogP contribution in [-0.4, -0.2) is 0 Å². The van der Waals surface area contributed by atoms with Crippen molar-refractivity contribution in [1.29, 1.82) is 0 Å². The second-order valence-corrected chi connectivity index (χ2v) is 13.3. The third kappa shape index (κ3) is 4.61. The first-order valence-electron chi connectivity index (χ1n) is 16.7. The highest BCUT2D eigenvalue weighted by atomic mass is 14.8. The van der Waals surface area contributed by atoms with Gasteiger partial charge in [-0.15, -0.1) is 0 Å². The van der Waals surface area contributed by atoms with Crippen LogP contribution in [0.5, 0.6) is 0 Å². The Morgan fingerprint density at radius 2 is 0.702 bits per heavy atom. The molecule has 0 radical (unpaired) electrons. The van der Waals surface area contributed by atoms with Gasteiger partial charge in [0.25, 0.3) is 0 Å². The van der Waals surface area contributed by atoms with E-state index in [-0.39, 0.29) is 0 Å². The van der Waals surface area contributed by atoms with Gasteiger partial charge in [0, 0.05) is 26.2 Å². The van der Waals surface area contributed by atoms with E-state index >= 15 is 0 Å². The quantitative estimate of drug-likeness (QED) is 0.164. The van der Waals surface area contributed by atoms with Gasteiger partial charge in [-0.1, -0.05) is 72.8 Å². The van der Waals surface area contributed by atoms with Crippen molar-refractivity contribution in [2.24, 2.45) is 11.5 Å². The lowest BCUT2D eigenvalue weighted by molar-refractivity contribution is 0.701. The average molecular weight is 612 g/mol. The van der Waals surface area contributed by atoms with E-state index in [4.69, 9.17) is 11.5 Å². The minimum Gasteiger partial charge on any atom is -0.326 e. The maximum Gasteiger partial charge on any atom is 0.0215 e. The molecular weight excluding hydrogens is 571 g/mol. The van der Waals surface area contributed by atoms with Crippen LogP contribution in [0.1, 0.15) is 44.5 Å². The highest BCUT2D eigenvalue weighted by Gasteiger charge is 2.17. The number of hydrogen-bond donors (Lipinski definition) is 3. The highest BCUT2D eigenvalue weighted by molar-refractivity contribution is 6.24. The maximum absolute atomic E-state index is 6.32. The molecule has 0 aromatic heterocycles. The monoisotopic (exact) mass is 611 g/mol. The lowest BCUT2D eigenvalue weighted by Gasteiger charge is -2.19. The normalized spacial score (nSPS) is 12.0. The Kier molecular flexibility index (Phi) is 7.22. The number of fused-ring (bicyclic) bond motifs is 10. The number of rotatable bonds is 6. The van der Waals surface area contributed by atoms with Gasteiger partial charge in [-0.25, -0.2) is 0 Å². The number of hydrogen-bond acceptors (Lipinski definition) is 3. The molecule has 5 N–H and O–H groups in total. The topological polar surface area (TPSA) is 64.1 Å². The Labute approximate surface area is 276 Å². The molecule has 8 aromatic rings. The summed E-state index contributed by atoms with van der Waals surface area (Å²) < 4.78 is 0. The van der Waals surface area contributed by atoms with Crippen molar-refractivity contribution in [3.05, 3.63) is 142 Å². The zero-order valence-electron chi connectivity index (χ0n) is 27.7. The van der Waals surface area contributed by atoms with Crippen LogP contribution in [0.25, 0.3) is 64.6 Å². The third-order valence-electron chi connectivity index (χ3n) is 10.4. The van der Waals surface area contributed by atoms with E-state index in [1.807, 2.05) is 0 Å². The van der Waals surface area contributed by atoms with Crippen LogP contribution >= 0.6 is 0 Å². The van der Waals surface area contributed by atoms with Crippen molar-refractivity contribution in [3.8, 4) is 0 Å². The SMILES string of the molecule is Cc1cccc2c(CN)cc3cc(CNCc4cc5cc(CN)c6cccc(C)c6c5c5c(C)cccc45)c4cccc(C)c4c3c12. The van der Waals surface area contributed by atoms with Crippen molar-refractivity contribution in [3.63, 3.8) is 0 Å². The number of nitrogens with one attached hydrogen (secondary N) is 1. The average Bonchev–Trinajstić information content (AvgIpc) is 3.07. The Bertz CT molecular complexity index is 2380. The van der Waals surface area contributed by atoms with E-state index in [0.717, 1.165) is 13.1 Å². The van der Waals surface area contributed by atoms with Crippen LogP contribution in [0.15, 0.2) is 97.1 Å². The van der Waals surface area contributed by atoms with Gasteiger partial charge in [0.05, 0.1) is 0 Å². The largest absolute Gasteiger partial charge is 0.326 e. The summed E-state index contributed by atoms with van der Waals surface area (Å²) in [5.41, 5.74) is 22.8. The van der Waals surface area contributed by atoms with Gasteiger partial charge < -0.3 is 16.8 Å². The van der Waals surface area contributed by atoms with E-state index in [0.29, 0.717) is 13.1 Å². The first-order valence-corrected chi connectivity index (χ1v) is 16.7. The van der Waals surface area contributed by atoms with Crippen LogP contribution < -0.4 is 16.8 Å². The summed E-state index contributed by atoms with van der Waals surface area (Å²) in [6.45, 7) is 11.5. The van der Waals surface area contributed by atoms with Gasteiger partial charge in [0.15, 0.2) is 0 Å². The zero-order valence-corrected chi connectivity index (χ0v) is 27.7. The summed E-state index contributed by atoms with van der Waals surface area (Å²) in [5.74, 6) is 0. The summed E-state index contributed by atoms with van der Waals surface area (Å²) in [6, 6.07) is 36.0. The van der Waals surface area contributed by atoms with Crippen molar-refractivity contribution in [2.75, 3.05) is 0 Å². The molecule has 47 heavy (non-hydrogen) atoms. The molecule has 0 unspecified atom stereocenters. The summed E-state index contributed by atoms with van der Waals surface area (Å²) in [6.07, 6.45) is 0. The smallest absolute Gasteiger partial charge is 0.0215 e. The molecule has 0 aliphatic rings. The predicted octanol–water partition coefficient (Wildman–Crippen LogP) is 10.0. The molecule has 0 saturated heterocycles. The molecule has 3 heteroatoms. The number of nitrogens with two attached hydrogens (primary N) is 2. The van der Waals surface area contributed by atoms with E-state index in [2.05, 4.69) is 130 Å². The van der Waals surface area contributed by atoms with E-state index < -0.39 is 0 Å². The van der Waals surface area contributed by atoms with Gasteiger partial charge in [0.2, 0.25) is 0 Å². The van der Waals surface area contributed by atoms with E-state index in [9.17, 15) is 0 Å². The molecule has 0 aliphatic heterocycles. The van der Waals surface area contributed by atoms with Crippen LogP contribution in [-0.2, 0) is 26.2 Å². The van der Waals surface area contributed by atoms with Gasteiger partial charge in [-0.3, -0.25) is 0 Å². The van der Waals surface area contributed by atoms with Crippen LogP contribution in [0, 0.1) is 27.7 Å². The Morgan fingerprint density at radius 3 is 1.02 bits per heavy atom. The van der Waals surface area contributed by atoms with Gasteiger partial charge in [0.1, 0.15) is 0 Å². The molecule has 0 atom stereocenters. The van der Waals surface area contributed by atoms with Crippen LogP contribution in [0.2, 0.25) is 0 Å². The molecule has 0 fully saturated rings. The van der Waals surface area contributed by atoms with Gasteiger partial charge in [-0.2, -0.15) is 0 Å². The standard InChI is InChI=1S/C44H41N3/c1-25-9-5-13-35-31(21-45)17-29-19-33(37-15-7-11-27(3)41(37)43(29)39(25)35)23-47-24-34-20-30-18-32(22-46)36-14-6-10-26(2)40(36)44(30)42-28(4)12-8-16-38(34)42/h5-20,47H,21-24,45-46H2,1-4H3. The van der Waals surface area contributed by atoms with Gasteiger partial charge in [-0.05, 0) is 161 Å². The number of benzene rings is 8. The second kappa shape index (κ2) is 11.5. The summed E-state index contributed by atoms with van der Waals surface area (Å²) in [7, 11) is 0. The number of aryl methyl sites for hydroxylation is 4. The Morgan fingerprint density at radius 1 is 0.404 bits per heavy atom. The van der Waals surface area contributed by atoms with Crippen molar-refractivity contribution >= 4 is 64.6 Å². The molecular formula is C44H41N3. The molecule has 0 amide bonds. The molecule has 8 aromatic carbocycles. The summed E-state index contributed by atoms with van der Waals surface area (Å²) in [5, 5.41) is 19.5. The summed E-state index contributed by atoms with van der Waals surface area (Å²) >= 11 is 0. The highest BCUT2D eigenvalue weighted by Crippen LogP contribution is 2.41. The minimum absolute atomic E-state index is 0.518. The Balaban J connectivity index is 1.27. The summed E-state index contributed by atoms with van der Waals surface area (Å²) in [4.78, 5) is 0. The van der Waals surface area contributed by atoms with Crippen molar-refractivity contribution < 1.29 is 0 Å². The van der Waals surface area contributed by atoms with E-state index in [1.54, 1.807) is 0 Å². The molecule has 232 valence electrons. The van der Waals surface area contributed by atoms with E-state index in [1.165, 1.54) is 109 Å². The molecule has 0 heterocycles. The molecule has 8 rings (SSSR count). The lowest BCUT2D eigenvalue weighted by atomic mass is 9.87. The third-order valence-corrected chi connectivity index (χ3v) is 10.4. The fourth-order valence-electron chi connectivity index (χ4n) is 8.29. The lowest BCUT2D eigenvalue weighted by Crippen LogP contribution is -2.14. The molecule has 0 spiro atoms. The minimum atomic E-state index is 0.518. The zero-order chi connectivity index (χ0) is 32.4. The fourth-order valence-corrected chi connectivity index (χ4v) is 8.29. The maximum atomic E-state index is 6.32. The Hall–Kier alpha value is -4.80. The second-order valence-electron chi connectivity index (χ2n) is 13.3. The van der Waals surface area contributed by atoms with Crippen LogP contribution in [0.4, 0.5) is 0 Å². The fraction of sp³-hybridized carbons (Fsp3) is 0.182. The molecule has 0 bridgehead atoms. The van der Waals surface area contributed by atoms with Crippen LogP contribution in [0.3, 0.4) is 0 Å².